The number of benzene rings is 1. The first-order chi connectivity index (χ1) is 9.12. The molecule has 0 aliphatic rings. The van der Waals surface area contributed by atoms with E-state index in [2.05, 4.69) is 0 Å². The standard InChI is InChI=1S/C14H12N2O3/c1-2-5-19-14(18)7-13(17)12-6-10(8-15)3-4-11(12)9-16/h3-4,6H,2,5,7H2,1H3. The second-order valence-corrected chi connectivity index (χ2v) is 3.80. The van der Waals surface area contributed by atoms with E-state index in [1.54, 1.807) is 0 Å². The van der Waals surface area contributed by atoms with Crippen LogP contribution in [0.4, 0.5) is 0 Å². The molecule has 0 atom stereocenters. The van der Waals surface area contributed by atoms with Gasteiger partial charge in [0.1, 0.15) is 6.42 Å². The summed E-state index contributed by atoms with van der Waals surface area (Å²) < 4.78 is 4.81. The van der Waals surface area contributed by atoms with Crippen LogP contribution >= 0.6 is 0 Å². The molecule has 0 unspecified atom stereocenters. The van der Waals surface area contributed by atoms with Crippen molar-refractivity contribution in [3.8, 4) is 12.1 Å². The van der Waals surface area contributed by atoms with Crippen LogP contribution in [0.2, 0.25) is 0 Å². The molecule has 19 heavy (non-hydrogen) atoms. The van der Waals surface area contributed by atoms with E-state index in [4.69, 9.17) is 15.3 Å². The lowest BCUT2D eigenvalue weighted by Crippen LogP contribution is -2.13. The van der Waals surface area contributed by atoms with Crippen LogP contribution in [0.5, 0.6) is 0 Å². The van der Waals surface area contributed by atoms with Gasteiger partial charge in [-0.2, -0.15) is 10.5 Å². The van der Waals surface area contributed by atoms with Gasteiger partial charge in [0.2, 0.25) is 0 Å². The molecule has 0 amide bonds. The lowest BCUT2D eigenvalue weighted by atomic mass is 10.00. The number of hydrogen-bond donors (Lipinski definition) is 0. The summed E-state index contributed by atoms with van der Waals surface area (Å²) in [6.07, 6.45) is 0.247. The molecule has 0 N–H and O–H groups in total. The summed E-state index contributed by atoms with van der Waals surface area (Å²) in [5, 5.41) is 17.7. The van der Waals surface area contributed by atoms with Crippen molar-refractivity contribution >= 4 is 11.8 Å². The summed E-state index contributed by atoms with van der Waals surface area (Å²) in [7, 11) is 0. The highest BCUT2D eigenvalue weighted by atomic mass is 16.5. The minimum absolute atomic E-state index is 0.0787. The van der Waals surface area contributed by atoms with Crippen LogP contribution in [0.25, 0.3) is 0 Å². The first-order valence-electron chi connectivity index (χ1n) is 5.75. The number of hydrogen-bond acceptors (Lipinski definition) is 5. The van der Waals surface area contributed by atoms with Crippen molar-refractivity contribution in [3.63, 3.8) is 0 Å². The summed E-state index contributed by atoms with van der Waals surface area (Å²) in [6.45, 7) is 2.11. The summed E-state index contributed by atoms with van der Waals surface area (Å²) >= 11 is 0. The summed E-state index contributed by atoms with van der Waals surface area (Å²) in [6, 6.07) is 7.90. The monoisotopic (exact) mass is 256 g/mol. The number of carbonyl (C=O) groups is 2. The molecular formula is C14H12N2O3. The third-order valence-electron chi connectivity index (χ3n) is 2.34. The van der Waals surface area contributed by atoms with Crippen LogP contribution in [0.15, 0.2) is 18.2 Å². The SMILES string of the molecule is CCCOC(=O)CC(=O)c1cc(C#N)ccc1C#N. The Morgan fingerprint density at radius 3 is 2.58 bits per heavy atom. The molecule has 0 aromatic heterocycles. The number of Topliss-reactive ketones (excluding diaryl/α,β-unsaturated/α-hetero) is 1. The Kier molecular flexibility index (Phi) is 5.25. The number of ketones is 1. The van der Waals surface area contributed by atoms with Gasteiger partial charge >= 0.3 is 5.97 Å². The lowest BCUT2D eigenvalue weighted by molar-refractivity contribution is -0.142. The highest BCUT2D eigenvalue weighted by Crippen LogP contribution is 2.13. The molecule has 0 bridgehead atoms. The number of carbonyl (C=O) groups excluding carboxylic acids is 2. The van der Waals surface area contributed by atoms with E-state index in [0.29, 0.717) is 6.42 Å². The molecular weight excluding hydrogens is 244 g/mol. The molecule has 0 spiro atoms. The van der Waals surface area contributed by atoms with Crippen molar-refractivity contribution in [2.45, 2.75) is 19.8 Å². The molecule has 0 aliphatic carbocycles. The van der Waals surface area contributed by atoms with Gasteiger partial charge in [-0.3, -0.25) is 9.59 Å². The molecule has 5 nitrogen and oxygen atoms in total. The predicted molar refractivity (Wildman–Crippen MR) is 66.1 cm³/mol. The van der Waals surface area contributed by atoms with Gasteiger partial charge in [-0.25, -0.2) is 0 Å². The highest BCUT2D eigenvalue weighted by Gasteiger charge is 2.17. The lowest BCUT2D eigenvalue weighted by Gasteiger charge is -2.04. The molecule has 1 rings (SSSR count). The minimum atomic E-state index is -0.627. The molecule has 0 radical (unpaired) electrons. The number of nitriles is 2. The van der Waals surface area contributed by atoms with Gasteiger partial charge in [0.25, 0.3) is 0 Å². The van der Waals surface area contributed by atoms with E-state index in [0.717, 1.165) is 0 Å². The summed E-state index contributed by atoms with van der Waals surface area (Å²) in [5.41, 5.74) is 0.492. The van der Waals surface area contributed by atoms with Crippen molar-refractivity contribution in [2.75, 3.05) is 6.61 Å². The fourth-order valence-electron chi connectivity index (χ4n) is 1.44. The number of rotatable bonds is 5. The van der Waals surface area contributed by atoms with Gasteiger partial charge in [0, 0.05) is 5.56 Å². The van der Waals surface area contributed by atoms with Crippen LogP contribution in [0.3, 0.4) is 0 Å². The highest BCUT2D eigenvalue weighted by molar-refractivity contribution is 6.07. The molecule has 5 heteroatoms. The Bertz CT molecular complexity index is 579. The Morgan fingerprint density at radius 1 is 1.26 bits per heavy atom. The minimum Gasteiger partial charge on any atom is -0.465 e. The zero-order valence-corrected chi connectivity index (χ0v) is 10.5. The van der Waals surface area contributed by atoms with Gasteiger partial charge in [-0.15, -0.1) is 0 Å². The normalized spacial score (nSPS) is 9.21. The van der Waals surface area contributed by atoms with Gasteiger partial charge in [0.15, 0.2) is 5.78 Å². The van der Waals surface area contributed by atoms with E-state index in [1.165, 1.54) is 18.2 Å². The number of ether oxygens (including phenoxy) is 1. The molecule has 96 valence electrons. The van der Waals surface area contributed by atoms with Crippen molar-refractivity contribution in [1.82, 2.24) is 0 Å². The Labute approximate surface area is 111 Å². The van der Waals surface area contributed by atoms with Gasteiger partial charge in [-0.1, -0.05) is 6.92 Å². The van der Waals surface area contributed by atoms with Crippen LogP contribution < -0.4 is 0 Å². The van der Waals surface area contributed by atoms with Crippen molar-refractivity contribution in [1.29, 1.82) is 10.5 Å². The average Bonchev–Trinajstić information content (AvgIpc) is 2.44. The van der Waals surface area contributed by atoms with E-state index < -0.39 is 18.2 Å². The van der Waals surface area contributed by atoms with Crippen LogP contribution in [-0.2, 0) is 9.53 Å². The predicted octanol–water partition coefficient (Wildman–Crippen LogP) is 1.96. The van der Waals surface area contributed by atoms with Gasteiger partial charge in [-0.05, 0) is 24.6 Å². The number of esters is 1. The van der Waals surface area contributed by atoms with Gasteiger partial charge < -0.3 is 4.74 Å². The topological polar surface area (TPSA) is 90.9 Å². The second kappa shape index (κ2) is 6.93. The first kappa shape index (κ1) is 14.4. The van der Waals surface area contributed by atoms with Crippen molar-refractivity contribution in [3.05, 3.63) is 34.9 Å². The molecule has 0 saturated heterocycles. The van der Waals surface area contributed by atoms with Crippen LogP contribution in [0, 0.1) is 22.7 Å². The smallest absolute Gasteiger partial charge is 0.313 e. The van der Waals surface area contributed by atoms with E-state index in [-0.39, 0.29) is 23.3 Å². The Morgan fingerprint density at radius 2 is 2.00 bits per heavy atom. The second-order valence-electron chi connectivity index (χ2n) is 3.80. The van der Waals surface area contributed by atoms with E-state index in [9.17, 15) is 9.59 Å². The Hall–Kier alpha value is -2.66. The fourth-order valence-corrected chi connectivity index (χ4v) is 1.44. The van der Waals surface area contributed by atoms with Crippen molar-refractivity contribution in [2.24, 2.45) is 0 Å². The maximum Gasteiger partial charge on any atom is 0.313 e. The molecule has 1 aromatic rings. The van der Waals surface area contributed by atoms with Gasteiger partial charge in [0.05, 0.1) is 29.9 Å². The third-order valence-corrected chi connectivity index (χ3v) is 2.34. The van der Waals surface area contributed by atoms with Crippen LogP contribution in [-0.4, -0.2) is 18.4 Å². The first-order valence-corrected chi connectivity index (χ1v) is 5.75. The van der Waals surface area contributed by atoms with E-state index >= 15 is 0 Å². The zero-order valence-electron chi connectivity index (χ0n) is 10.5. The fraction of sp³-hybridized carbons (Fsp3) is 0.286. The maximum absolute atomic E-state index is 11.9. The summed E-state index contributed by atoms with van der Waals surface area (Å²) in [5.74, 6) is -1.15. The molecule has 0 saturated carbocycles. The van der Waals surface area contributed by atoms with Crippen molar-refractivity contribution < 1.29 is 14.3 Å². The quantitative estimate of drug-likeness (QED) is 0.456. The molecule has 0 fully saturated rings. The molecule has 0 heterocycles. The zero-order chi connectivity index (χ0) is 14.3. The maximum atomic E-state index is 11.9. The average molecular weight is 256 g/mol. The third kappa shape index (κ3) is 3.93. The largest absolute Gasteiger partial charge is 0.465 e. The van der Waals surface area contributed by atoms with Crippen LogP contribution in [0.1, 0.15) is 41.3 Å². The molecule has 1 aromatic carbocycles. The number of nitrogens with zero attached hydrogens (tertiary/aromatic N) is 2. The molecule has 0 aliphatic heterocycles. The van der Waals surface area contributed by atoms with E-state index in [1.807, 2.05) is 19.1 Å². The summed E-state index contributed by atoms with van der Waals surface area (Å²) in [4.78, 5) is 23.3. The Balaban J connectivity index is 2.90.